The average Bonchev–Trinajstić information content (AvgIpc) is 3.17. The molecule has 2 aromatic rings. The summed E-state index contributed by atoms with van der Waals surface area (Å²) in [6, 6.07) is 4.80. The summed E-state index contributed by atoms with van der Waals surface area (Å²) in [6.07, 6.45) is 3.42. The molecule has 126 valence electrons. The van der Waals surface area contributed by atoms with Gasteiger partial charge in [-0.3, -0.25) is 9.59 Å². The number of carbonyl (C=O) groups excluding carboxylic acids is 2. The van der Waals surface area contributed by atoms with Crippen LogP contribution >= 0.6 is 11.3 Å². The fraction of sp³-hybridized carbons (Fsp3) is 0.375. The van der Waals surface area contributed by atoms with Crippen LogP contribution in [0.15, 0.2) is 36.0 Å². The Kier molecular flexibility index (Phi) is 5.05. The van der Waals surface area contributed by atoms with Crippen LogP contribution in [0.5, 0.6) is 0 Å². The molecule has 1 atom stereocenters. The van der Waals surface area contributed by atoms with Crippen LogP contribution in [0.2, 0.25) is 0 Å². The van der Waals surface area contributed by atoms with Gasteiger partial charge in [-0.15, -0.1) is 11.3 Å². The summed E-state index contributed by atoms with van der Waals surface area (Å²) in [6.45, 7) is 4.27. The van der Waals surface area contributed by atoms with Crippen LogP contribution in [-0.2, 0) is 4.79 Å². The van der Waals surface area contributed by atoms with Crippen molar-refractivity contribution >= 4 is 29.1 Å². The lowest BCUT2D eigenvalue weighted by Gasteiger charge is -2.35. The topological polar surface area (TPSA) is 78.4 Å². The number of thiophene rings is 1. The van der Waals surface area contributed by atoms with Gasteiger partial charge in [-0.05, 0) is 24.4 Å². The summed E-state index contributed by atoms with van der Waals surface area (Å²) in [5, 5.41) is 4.60. The van der Waals surface area contributed by atoms with E-state index in [1.807, 2.05) is 11.4 Å². The molecule has 0 unspecified atom stereocenters. The quantitative estimate of drug-likeness (QED) is 0.895. The first-order chi connectivity index (χ1) is 11.6. The lowest BCUT2D eigenvalue weighted by molar-refractivity contribution is -0.133. The maximum absolute atomic E-state index is 12.5. The van der Waals surface area contributed by atoms with Gasteiger partial charge in [0, 0.05) is 38.6 Å². The van der Waals surface area contributed by atoms with Gasteiger partial charge in [-0.2, -0.15) is 0 Å². The number of carbonyl (C=O) groups is 2. The van der Waals surface area contributed by atoms with E-state index in [0.717, 1.165) is 0 Å². The molecule has 1 N–H and O–H groups in total. The number of hydrogen-bond donors (Lipinski definition) is 1. The lowest BCUT2D eigenvalue weighted by atomic mass is 10.2. The second-order valence-electron chi connectivity index (χ2n) is 5.53. The Morgan fingerprint density at radius 1 is 1.17 bits per heavy atom. The molecule has 0 bridgehead atoms. The Labute approximate surface area is 144 Å². The van der Waals surface area contributed by atoms with Gasteiger partial charge >= 0.3 is 0 Å². The van der Waals surface area contributed by atoms with Crippen molar-refractivity contribution in [1.29, 1.82) is 0 Å². The van der Waals surface area contributed by atoms with E-state index < -0.39 is 6.04 Å². The number of anilines is 1. The third-order valence-electron chi connectivity index (χ3n) is 3.89. The van der Waals surface area contributed by atoms with E-state index in [1.165, 1.54) is 11.3 Å². The highest BCUT2D eigenvalue weighted by Crippen LogP contribution is 2.12. The van der Waals surface area contributed by atoms with Crippen molar-refractivity contribution in [3.05, 3.63) is 40.8 Å². The number of rotatable bonds is 4. The predicted octanol–water partition coefficient (Wildman–Crippen LogP) is 1.01. The maximum atomic E-state index is 12.5. The Hall–Kier alpha value is -2.48. The summed E-state index contributed by atoms with van der Waals surface area (Å²) in [4.78, 5) is 37.5. The molecule has 0 saturated carbocycles. The summed E-state index contributed by atoms with van der Waals surface area (Å²) in [5.74, 6) is 0.416. The van der Waals surface area contributed by atoms with Crippen LogP contribution < -0.4 is 10.2 Å². The van der Waals surface area contributed by atoms with E-state index in [0.29, 0.717) is 37.0 Å². The molecule has 2 amide bonds. The van der Waals surface area contributed by atoms with Gasteiger partial charge in [0.1, 0.15) is 6.04 Å². The van der Waals surface area contributed by atoms with Gasteiger partial charge in [-0.25, -0.2) is 9.97 Å². The normalized spacial score (nSPS) is 15.9. The molecule has 1 aliphatic heterocycles. The minimum atomic E-state index is -0.542. The van der Waals surface area contributed by atoms with Crippen LogP contribution in [-0.4, -0.2) is 58.9 Å². The zero-order valence-electron chi connectivity index (χ0n) is 13.4. The maximum Gasteiger partial charge on any atom is 0.261 e. The summed E-state index contributed by atoms with van der Waals surface area (Å²) < 4.78 is 0. The fourth-order valence-electron chi connectivity index (χ4n) is 2.59. The number of nitrogens with one attached hydrogen (secondary N) is 1. The smallest absolute Gasteiger partial charge is 0.261 e. The predicted molar refractivity (Wildman–Crippen MR) is 92.1 cm³/mol. The van der Waals surface area contributed by atoms with Crippen LogP contribution in [0, 0.1) is 0 Å². The first-order valence-electron chi connectivity index (χ1n) is 7.80. The average molecular weight is 345 g/mol. The van der Waals surface area contributed by atoms with Gasteiger partial charge in [0.15, 0.2) is 0 Å². The van der Waals surface area contributed by atoms with E-state index >= 15 is 0 Å². The number of amides is 2. The SMILES string of the molecule is C[C@@H](NC(=O)c1cccs1)C(=O)N1CCN(c2ncccn2)CC1. The van der Waals surface area contributed by atoms with Crippen LogP contribution in [0.1, 0.15) is 16.6 Å². The highest BCUT2D eigenvalue weighted by Gasteiger charge is 2.26. The third-order valence-corrected chi connectivity index (χ3v) is 4.76. The Morgan fingerprint density at radius 2 is 1.88 bits per heavy atom. The van der Waals surface area contributed by atoms with Crippen molar-refractivity contribution in [1.82, 2.24) is 20.2 Å². The van der Waals surface area contributed by atoms with Gasteiger partial charge in [0.25, 0.3) is 5.91 Å². The van der Waals surface area contributed by atoms with E-state index in [9.17, 15) is 9.59 Å². The molecule has 0 aromatic carbocycles. The Bertz CT molecular complexity index is 684. The molecule has 0 aliphatic carbocycles. The van der Waals surface area contributed by atoms with Crippen LogP contribution in [0.3, 0.4) is 0 Å². The molecule has 1 saturated heterocycles. The van der Waals surface area contributed by atoms with Gasteiger partial charge < -0.3 is 15.1 Å². The first-order valence-corrected chi connectivity index (χ1v) is 8.68. The number of piperazine rings is 1. The lowest BCUT2D eigenvalue weighted by Crippen LogP contribution is -2.54. The zero-order chi connectivity index (χ0) is 16.9. The highest BCUT2D eigenvalue weighted by atomic mass is 32.1. The fourth-order valence-corrected chi connectivity index (χ4v) is 3.22. The molecule has 3 heterocycles. The molecule has 0 spiro atoms. The molecule has 1 aliphatic rings. The largest absolute Gasteiger partial charge is 0.340 e. The van der Waals surface area contributed by atoms with E-state index in [-0.39, 0.29) is 11.8 Å². The number of nitrogens with zero attached hydrogens (tertiary/aromatic N) is 4. The molecule has 1 fully saturated rings. The van der Waals surface area contributed by atoms with Crippen molar-refractivity contribution in [2.75, 3.05) is 31.1 Å². The Morgan fingerprint density at radius 3 is 2.50 bits per heavy atom. The van der Waals surface area contributed by atoms with Crippen molar-refractivity contribution in [2.24, 2.45) is 0 Å². The monoisotopic (exact) mass is 345 g/mol. The van der Waals surface area contributed by atoms with Crippen molar-refractivity contribution in [2.45, 2.75) is 13.0 Å². The molecular formula is C16H19N5O2S. The van der Waals surface area contributed by atoms with Crippen molar-refractivity contribution in [3.63, 3.8) is 0 Å². The van der Waals surface area contributed by atoms with Crippen molar-refractivity contribution in [3.8, 4) is 0 Å². The first kappa shape index (κ1) is 16.4. The second-order valence-corrected chi connectivity index (χ2v) is 6.48. The molecule has 24 heavy (non-hydrogen) atoms. The highest BCUT2D eigenvalue weighted by molar-refractivity contribution is 7.12. The van der Waals surface area contributed by atoms with E-state index in [4.69, 9.17) is 0 Å². The minimum absolute atomic E-state index is 0.0615. The molecule has 3 rings (SSSR count). The molecular weight excluding hydrogens is 326 g/mol. The third kappa shape index (κ3) is 3.70. The van der Waals surface area contributed by atoms with E-state index in [2.05, 4.69) is 20.2 Å². The molecule has 8 heteroatoms. The number of hydrogen-bond acceptors (Lipinski definition) is 6. The molecule has 7 nitrogen and oxygen atoms in total. The summed E-state index contributed by atoms with van der Waals surface area (Å²) >= 11 is 1.36. The summed E-state index contributed by atoms with van der Waals surface area (Å²) in [7, 11) is 0. The van der Waals surface area contributed by atoms with E-state index in [1.54, 1.807) is 36.4 Å². The van der Waals surface area contributed by atoms with Gasteiger partial charge in [-0.1, -0.05) is 6.07 Å². The van der Waals surface area contributed by atoms with Crippen LogP contribution in [0.4, 0.5) is 5.95 Å². The number of aromatic nitrogens is 2. The molecule has 2 aromatic heterocycles. The standard InChI is InChI=1S/C16H19N5O2S/c1-12(19-14(22)13-4-2-11-24-13)15(23)20-7-9-21(10-8-20)16-17-5-3-6-18-16/h2-6,11-12H,7-10H2,1H3,(H,19,22)/t12-/m1/s1. The van der Waals surface area contributed by atoms with Crippen LogP contribution in [0.25, 0.3) is 0 Å². The minimum Gasteiger partial charge on any atom is -0.340 e. The molecule has 0 radical (unpaired) electrons. The van der Waals surface area contributed by atoms with Gasteiger partial charge in [0.05, 0.1) is 4.88 Å². The zero-order valence-corrected chi connectivity index (χ0v) is 14.2. The summed E-state index contributed by atoms with van der Waals surface area (Å²) in [5.41, 5.74) is 0. The Balaban J connectivity index is 1.52. The second kappa shape index (κ2) is 7.39. The van der Waals surface area contributed by atoms with Crippen molar-refractivity contribution < 1.29 is 9.59 Å². The van der Waals surface area contributed by atoms with Gasteiger partial charge in [0.2, 0.25) is 11.9 Å².